The van der Waals surface area contributed by atoms with Crippen LogP contribution in [0.25, 0.3) is 0 Å². The molecule has 2 unspecified atom stereocenters. The number of amides is 2. The zero-order chi connectivity index (χ0) is 26.6. The molecule has 0 saturated heterocycles. The zero-order valence-electron chi connectivity index (χ0n) is 22.0. The van der Waals surface area contributed by atoms with E-state index in [1.165, 1.54) is 0 Å². The molecule has 0 aliphatic heterocycles. The van der Waals surface area contributed by atoms with Crippen molar-refractivity contribution in [3.05, 3.63) is 90.0 Å². The van der Waals surface area contributed by atoms with E-state index in [0.29, 0.717) is 23.7 Å². The average Bonchev–Trinajstić information content (AvgIpc) is 2.94. The van der Waals surface area contributed by atoms with Crippen molar-refractivity contribution in [1.82, 2.24) is 10.2 Å². The summed E-state index contributed by atoms with van der Waals surface area (Å²) in [5.74, 6) is 1.06. The quantitative estimate of drug-likeness (QED) is 0.367. The van der Waals surface area contributed by atoms with Crippen LogP contribution in [0.5, 0.6) is 17.2 Å². The topological polar surface area (TPSA) is 77.1 Å². The van der Waals surface area contributed by atoms with E-state index in [2.05, 4.69) is 5.32 Å². The Labute approximate surface area is 219 Å². The maximum absolute atomic E-state index is 13.7. The summed E-state index contributed by atoms with van der Waals surface area (Å²) in [6.07, 6.45) is 1.17. The fourth-order valence-corrected chi connectivity index (χ4v) is 3.87. The first-order chi connectivity index (χ1) is 17.9. The molecule has 0 aliphatic rings. The molecular formula is C30H36N2O5. The molecule has 0 radical (unpaired) electrons. The Kier molecular flexibility index (Phi) is 10.4. The number of carbonyl (C=O) groups excluding carboxylic acids is 2. The van der Waals surface area contributed by atoms with Crippen LogP contribution in [0.1, 0.15) is 31.4 Å². The van der Waals surface area contributed by atoms with Crippen LogP contribution in [0.15, 0.2) is 78.9 Å². The molecule has 196 valence electrons. The minimum absolute atomic E-state index is 0.0139. The number of ether oxygens (including phenoxy) is 3. The Hall–Kier alpha value is -4.00. The molecule has 0 saturated carbocycles. The largest absolute Gasteiger partial charge is 0.496 e. The normalized spacial score (nSPS) is 12.2. The molecule has 7 heteroatoms. The van der Waals surface area contributed by atoms with Crippen molar-refractivity contribution < 1.29 is 23.8 Å². The smallest absolute Gasteiger partial charge is 0.261 e. The van der Waals surface area contributed by atoms with E-state index in [9.17, 15) is 9.59 Å². The summed E-state index contributed by atoms with van der Waals surface area (Å²) in [6.45, 7) is 4.00. The van der Waals surface area contributed by atoms with Crippen molar-refractivity contribution in [1.29, 1.82) is 0 Å². The highest BCUT2D eigenvalue weighted by Gasteiger charge is 2.31. The molecule has 0 heterocycles. The second-order valence-electron chi connectivity index (χ2n) is 8.87. The maximum Gasteiger partial charge on any atom is 0.261 e. The number of benzene rings is 3. The monoisotopic (exact) mass is 504 g/mol. The van der Waals surface area contributed by atoms with Gasteiger partial charge in [0.05, 0.1) is 14.2 Å². The minimum Gasteiger partial charge on any atom is -0.496 e. The van der Waals surface area contributed by atoms with Gasteiger partial charge in [0, 0.05) is 37.2 Å². The van der Waals surface area contributed by atoms with Crippen LogP contribution in [0.4, 0.5) is 0 Å². The number of rotatable bonds is 13. The molecule has 0 spiro atoms. The summed E-state index contributed by atoms with van der Waals surface area (Å²) in [5.41, 5.74) is 1.89. The van der Waals surface area contributed by atoms with Crippen LogP contribution in [0, 0.1) is 0 Å². The molecule has 1 N–H and O–H groups in total. The molecule has 7 nitrogen and oxygen atoms in total. The Morgan fingerprint density at radius 2 is 1.38 bits per heavy atom. The number of hydrogen-bond donors (Lipinski definition) is 1. The van der Waals surface area contributed by atoms with E-state index < -0.39 is 6.04 Å². The van der Waals surface area contributed by atoms with Gasteiger partial charge in [0.1, 0.15) is 23.3 Å². The van der Waals surface area contributed by atoms with Crippen molar-refractivity contribution >= 4 is 11.8 Å². The van der Waals surface area contributed by atoms with Gasteiger partial charge in [-0.1, -0.05) is 67.6 Å². The van der Waals surface area contributed by atoms with Gasteiger partial charge in [-0.3, -0.25) is 9.59 Å². The van der Waals surface area contributed by atoms with Crippen LogP contribution < -0.4 is 19.5 Å². The lowest BCUT2D eigenvalue weighted by Gasteiger charge is -2.32. The first-order valence-corrected chi connectivity index (χ1v) is 12.5. The van der Waals surface area contributed by atoms with Crippen molar-refractivity contribution in [3.63, 3.8) is 0 Å². The van der Waals surface area contributed by atoms with Crippen molar-refractivity contribution in [3.8, 4) is 17.2 Å². The SMILES string of the molecule is CCC(C)NC(=O)C(Cc1ccccc1)N(Cc1ccccc1)C(=O)COc1cc(OC)cc(OC)c1. The van der Waals surface area contributed by atoms with E-state index in [1.54, 1.807) is 37.3 Å². The average molecular weight is 505 g/mol. The van der Waals surface area contributed by atoms with Gasteiger partial charge in [-0.15, -0.1) is 0 Å². The van der Waals surface area contributed by atoms with Gasteiger partial charge in [0.2, 0.25) is 5.91 Å². The number of carbonyl (C=O) groups is 2. The predicted octanol–water partition coefficient (Wildman–Crippen LogP) is 4.64. The number of hydrogen-bond acceptors (Lipinski definition) is 5. The summed E-state index contributed by atoms with van der Waals surface area (Å²) in [5, 5.41) is 3.07. The Balaban J connectivity index is 1.90. The zero-order valence-corrected chi connectivity index (χ0v) is 22.0. The molecule has 3 rings (SSSR count). The molecular weight excluding hydrogens is 468 g/mol. The summed E-state index contributed by atoms with van der Waals surface area (Å²) in [4.78, 5) is 28.8. The van der Waals surface area contributed by atoms with Gasteiger partial charge < -0.3 is 24.4 Å². The first kappa shape index (κ1) is 27.6. The van der Waals surface area contributed by atoms with E-state index in [-0.39, 0.29) is 31.0 Å². The van der Waals surface area contributed by atoms with Gasteiger partial charge >= 0.3 is 0 Å². The highest BCUT2D eigenvalue weighted by Crippen LogP contribution is 2.27. The van der Waals surface area contributed by atoms with Gasteiger partial charge in [-0.05, 0) is 24.5 Å². The standard InChI is InChI=1S/C30H36N2O5/c1-5-22(2)31-30(34)28(16-23-12-8-6-9-13-23)32(20-24-14-10-7-11-15-24)29(33)21-37-27-18-25(35-3)17-26(19-27)36-4/h6-15,17-19,22,28H,5,16,20-21H2,1-4H3,(H,31,34). The minimum atomic E-state index is -0.715. The molecule has 37 heavy (non-hydrogen) atoms. The third-order valence-electron chi connectivity index (χ3n) is 6.16. The molecule has 2 atom stereocenters. The number of nitrogens with one attached hydrogen (secondary N) is 1. The molecule has 0 bridgehead atoms. The summed E-state index contributed by atoms with van der Waals surface area (Å²) >= 11 is 0. The third-order valence-corrected chi connectivity index (χ3v) is 6.16. The summed E-state index contributed by atoms with van der Waals surface area (Å²) < 4.78 is 16.5. The fourth-order valence-electron chi connectivity index (χ4n) is 3.87. The van der Waals surface area contributed by atoms with Crippen molar-refractivity contribution in [2.24, 2.45) is 0 Å². The maximum atomic E-state index is 13.7. The van der Waals surface area contributed by atoms with E-state index >= 15 is 0 Å². The lowest BCUT2D eigenvalue weighted by molar-refractivity contribution is -0.143. The highest BCUT2D eigenvalue weighted by molar-refractivity contribution is 5.88. The molecule has 3 aromatic rings. The van der Waals surface area contributed by atoms with Crippen LogP contribution in [0.3, 0.4) is 0 Å². The Bertz CT molecular complexity index is 1110. The van der Waals surface area contributed by atoms with Gasteiger partial charge in [-0.25, -0.2) is 0 Å². The van der Waals surface area contributed by atoms with Gasteiger partial charge in [0.15, 0.2) is 6.61 Å². The van der Waals surface area contributed by atoms with Crippen molar-refractivity contribution in [2.45, 2.75) is 45.3 Å². The second-order valence-corrected chi connectivity index (χ2v) is 8.87. The summed E-state index contributed by atoms with van der Waals surface area (Å²) in [7, 11) is 3.10. The molecule has 2 amide bonds. The van der Waals surface area contributed by atoms with Crippen LogP contribution in [-0.4, -0.2) is 49.6 Å². The Morgan fingerprint density at radius 1 is 0.838 bits per heavy atom. The number of methoxy groups -OCH3 is 2. The lowest BCUT2D eigenvalue weighted by atomic mass is 10.0. The molecule has 0 aliphatic carbocycles. The molecule has 0 fully saturated rings. The second kappa shape index (κ2) is 13.9. The fraction of sp³-hybridized carbons (Fsp3) is 0.333. The van der Waals surface area contributed by atoms with Gasteiger partial charge in [0.25, 0.3) is 5.91 Å². The van der Waals surface area contributed by atoms with E-state index in [4.69, 9.17) is 14.2 Å². The summed E-state index contributed by atoms with van der Waals surface area (Å²) in [6, 6.07) is 23.8. The highest BCUT2D eigenvalue weighted by atomic mass is 16.5. The Morgan fingerprint density at radius 3 is 1.92 bits per heavy atom. The van der Waals surface area contributed by atoms with Crippen LogP contribution >= 0.6 is 0 Å². The van der Waals surface area contributed by atoms with Crippen molar-refractivity contribution in [2.75, 3.05) is 20.8 Å². The van der Waals surface area contributed by atoms with Gasteiger partial charge in [-0.2, -0.15) is 0 Å². The van der Waals surface area contributed by atoms with Crippen LogP contribution in [0.2, 0.25) is 0 Å². The third kappa shape index (κ3) is 8.27. The van der Waals surface area contributed by atoms with E-state index in [0.717, 1.165) is 17.5 Å². The molecule has 0 aromatic heterocycles. The van der Waals surface area contributed by atoms with Crippen LogP contribution in [-0.2, 0) is 22.6 Å². The predicted molar refractivity (Wildman–Crippen MR) is 144 cm³/mol. The lowest BCUT2D eigenvalue weighted by Crippen LogP contribution is -2.53. The number of nitrogens with zero attached hydrogens (tertiary/aromatic N) is 1. The molecule has 3 aromatic carbocycles. The van der Waals surface area contributed by atoms with E-state index in [1.807, 2.05) is 74.5 Å². The first-order valence-electron chi connectivity index (χ1n) is 12.5.